The lowest BCUT2D eigenvalue weighted by Gasteiger charge is -2.37. The Morgan fingerprint density at radius 2 is 1.88 bits per heavy atom. The minimum absolute atomic E-state index is 0.347. The Bertz CT molecular complexity index is 1210. The third-order valence-corrected chi connectivity index (χ3v) is 7.35. The van der Waals surface area contributed by atoms with Crippen LogP contribution in [0.15, 0.2) is 42.5 Å². The summed E-state index contributed by atoms with van der Waals surface area (Å²) in [7, 11) is 1.31. The van der Waals surface area contributed by atoms with Crippen LogP contribution in [0.3, 0.4) is 0 Å². The number of fused-ring (bicyclic) bond motifs is 1. The summed E-state index contributed by atoms with van der Waals surface area (Å²) < 4.78 is 44.6. The van der Waals surface area contributed by atoms with Crippen LogP contribution in [0.1, 0.15) is 15.2 Å². The quantitative estimate of drug-likeness (QED) is 0.348. The van der Waals surface area contributed by atoms with Crippen LogP contribution in [-0.2, 0) is 10.9 Å². The zero-order valence-corrected chi connectivity index (χ0v) is 19.8. The van der Waals surface area contributed by atoms with Gasteiger partial charge >= 0.3 is 12.1 Å². The molecule has 0 unspecified atom stereocenters. The number of thiocarbonyl (C=S) groups is 1. The number of halogens is 4. The van der Waals surface area contributed by atoms with Crippen molar-refractivity contribution in [3.8, 4) is 0 Å². The lowest BCUT2D eigenvalue weighted by Crippen LogP contribution is -2.50. The number of nitrogens with one attached hydrogen (secondary N) is 1. The second-order valence-electron chi connectivity index (χ2n) is 7.40. The number of thiophene rings is 1. The van der Waals surface area contributed by atoms with Gasteiger partial charge in [-0.05, 0) is 48.6 Å². The fourth-order valence-corrected chi connectivity index (χ4v) is 5.38. The van der Waals surface area contributed by atoms with E-state index < -0.39 is 17.7 Å². The summed E-state index contributed by atoms with van der Waals surface area (Å²) in [5, 5.41) is 4.84. The van der Waals surface area contributed by atoms with E-state index in [0.29, 0.717) is 46.9 Å². The number of ether oxygens (including phenoxy) is 1. The molecule has 33 heavy (non-hydrogen) atoms. The third kappa shape index (κ3) is 5.02. The van der Waals surface area contributed by atoms with E-state index in [-0.39, 0.29) is 0 Å². The molecule has 0 radical (unpaired) electrons. The molecule has 5 nitrogen and oxygen atoms in total. The lowest BCUT2D eigenvalue weighted by atomic mass is 10.1. The number of alkyl halides is 3. The summed E-state index contributed by atoms with van der Waals surface area (Å²) in [4.78, 5) is 16.1. The van der Waals surface area contributed by atoms with Crippen LogP contribution in [0.2, 0.25) is 5.02 Å². The number of benzene rings is 2. The van der Waals surface area contributed by atoms with Crippen LogP contribution in [0.5, 0.6) is 0 Å². The number of rotatable bonds is 3. The Kier molecular flexibility index (Phi) is 6.69. The third-order valence-electron chi connectivity index (χ3n) is 5.36. The molecule has 1 aromatic heterocycles. The Balaban J connectivity index is 1.40. The first kappa shape index (κ1) is 23.6. The Labute approximate surface area is 202 Å². The van der Waals surface area contributed by atoms with Crippen molar-refractivity contribution in [2.24, 2.45) is 0 Å². The van der Waals surface area contributed by atoms with Gasteiger partial charge in [0, 0.05) is 47.6 Å². The fourth-order valence-electron chi connectivity index (χ4n) is 3.62. The molecular formula is C22H19ClF3N3O2S2. The van der Waals surface area contributed by atoms with Gasteiger partial charge in [0.15, 0.2) is 5.11 Å². The van der Waals surface area contributed by atoms with E-state index in [0.717, 1.165) is 21.8 Å². The summed E-state index contributed by atoms with van der Waals surface area (Å²) in [6.45, 7) is 2.24. The second kappa shape index (κ2) is 9.36. The highest BCUT2D eigenvalue weighted by Crippen LogP contribution is 2.37. The van der Waals surface area contributed by atoms with Gasteiger partial charge in [0.1, 0.15) is 4.88 Å². The van der Waals surface area contributed by atoms with Gasteiger partial charge in [0.05, 0.1) is 17.7 Å². The van der Waals surface area contributed by atoms with Crippen molar-refractivity contribution in [2.75, 3.05) is 43.5 Å². The number of anilines is 2. The van der Waals surface area contributed by atoms with Crippen LogP contribution in [0, 0.1) is 0 Å². The summed E-state index contributed by atoms with van der Waals surface area (Å²) in [6, 6.07) is 10.9. The molecule has 1 fully saturated rings. The van der Waals surface area contributed by atoms with Crippen molar-refractivity contribution in [3.63, 3.8) is 0 Å². The summed E-state index contributed by atoms with van der Waals surface area (Å²) in [5.74, 6) is -0.482. The van der Waals surface area contributed by atoms with Crippen LogP contribution in [0.4, 0.5) is 24.5 Å². The maximum absolute atomic E-state index is 13.0. The first-order valence-corrected chi connectivity index (χ1v) is 11.6. The maximum Gasteiger partial charge on any atom is 0.416 e. The molecule has 2 aromatic carbocycles. The van der Waals surface area contributed by atoms with Gasteiger partial charge in [-0.25, -0.2) is 4.79 Å². The van der Waals surface area contributed by atoms with Crippen LogP contribution < -0.4 is 10.2 Å². The molecule has 1 aliphatic heterocycles. The largest absolute Gasteiger partial charge is 0.465 e. The van der Waals surface area contributed by atoms with Gasteiger partial charge in [-0.2, -0.15) is 13.2 Å². The molecule has 11 heteroatoms. The fraction of sp³-hybridized carbons (Fsp3) is 0.273. The summed E-state index contributed by atoms with van der Waals surface area (Å²) >= 11 is 13.1. The van der Waals surface area contributed by atoms with Crippen molar-refractivity contribution in [3.05, 3.63) is 57.9 Å². The smallest absolute Gasteiger partial charge is 0.416 e. The first-order chi connectivity index (χ1) is 15.7. The van der Waals surface area contributed by atoms with E-state index >= 15 is 0 Å². The number of hydrogen-bond acceptors (Lipinski definition) is 5. The Morgan fingerprint density at radius 1 is 1.15 bits per heavy atom. The van der Waals surface area contributed by atoms with Crippen molar-refractivity contribution >= 4 is 67.7 Å². The van der Waals surface area contributed by atoms with E-state index in [2.05, 4.69) is 5.32 Å². The average Bonchev–Trinajstić information content (AvgIpc) is 3.14. The van der Waals surface area contributed by atoms with Crippen molar-refractivity contribution < 1.29 is 22.7 Å². The molecule has 1 N–H and O–H groups in total. The van der Waals surface area contributed by atoms with Crippen LogP contribution in [-0.4, -0.2) is 49.3 Å². The number of esters is 1. The number of nitrogens with zero attached hydrogens (tertiary/aromatic N) is 2. The molecule has 174 valence electrons. The molecule has 0 amide bonds. The average molecular weight is 514 g/mol. The van der Waals surface area contributed by atoms with Gasteiger partial charge in [-0.1, -0.05) is 17.7 Å². The molecule has 2 heterocycles. The highest BCUT2D eigenvalue weighted by Gasteiger charge is 2.31. The molecule has 3 aromatic rings. The zero-order valence-electron chi connectivity index (χ0n) is 17.4. The van der Waals surface area contributed by atoms with Crippen molar-refractivity contribution in [1.82, 2.24) is 4.90 Å². The van der Waals surface area contributed by atoms with E-state index in [4.69, 9.17) is 28.6 Å². The van der Waals surface area contributed by atoms with E-state index in [1.165, 1.54) is 30.6 Å². The Morgan fingerprint density at radius 3 is 2.55 bits per heavy atom. The van der Waals surface area contributed by atoms with Gasteiger partial charge in [0.2, 0.25) is 0 Å². The maximum atomic E-state index is 13.0. The van der Waals surface area contributed by atoms with Gasteiger partial charge in [-0.15, -0.1) is 11.3 Å². The molecule has 0 saturated carbocycles. The Hall–Kier alpha value is -2.56. The molecule has 1 saturated heterocycles. The van der Waals surface area contributed by atoms with Crippen molar-refractivity contribution in [2.45, 2.75) is 6.18 Å². The molecule has 0 bridgehead atoms. The molecule has 1 aliphatic rings. The van der Waals surface area contributed by atoms with Crippen molar-refractivity contribution in [1.29, 1.82) is 0 Å². The highest BCUT2D eigenvalue weighted by molar-refractivity contribution is 7.80. The molecule has 0 aliphatic carbocycles. The first-order valence-electron chi connectivity index (χ1n) is 9.96. The normalized spacial score (nSPS) is 14.5. The summed E-state index contributed by atoms with van der Waals surface area (Å²) in [6.07, 6.45) is -4.37. The predicted octanol–water partition coefficient (Wildman–Crippen LogP) is 5.88. The highest BCUT2D eigenvalue weighted by atomic mass is 35.5. The van der Waals surface area contributed by atoms with E-state index in [1.54, 1.807) is 6.07 Å². The molecule has 4 rings (SSSR count). The van der Waals surface area contributed by atoms with Crippen LogP contribution in [0.25, 0.3) is 10.1 Å². The minimum Gasteiger partial charge on any atom is -0.465 e. The monoisotopic (exact) mass is 513 g/mol. The number of methoxy groups -OCH3 is 1. The van der Waals surface area contributed by atoms with E-state index in [1.807, 2.05) is 28.0 Å². The topological polar surface area (TPSA) is 44.8 Å². The molecule has 0 atom stereocenters. The van der Waals surface area contributed by atoms with E-state index in [9.17, 15) is 18.0 Å². The number of carbonyl (C=O) groups excluding carboxylic acids is 1. The van der Waals surface area contributed by atoms with Gasteiger partial charge in [-0.3, -0.25) is 0 Å². The number of carbonyl (C=O) groups is 1. The molecule has 0 spiro atoms. The van der Waals surface area contributed by atoms with Crippen LogP contribution >= 0.6 is 35.2 Å². The van der Waals surface area contributed by atoms with Gasteiger partial charge in [0.25, 0.3) is 0 Å². The number of hydrogen-bond donors (Lipinski definition) is 1. The second-order valence-corrected chi connectivity index (χ2v) is 9.22. The van der Waals surface area contributed by atoms with Gasteiger partial charge < -0.3 is 19.9 Å². The standard InChI is InChI=1S/C22H19ClF3N3O2S2/c1-31-20(30)19-18(23)16-6-5-14(12-17(16)33-19)27-21(32)29-9-7-28(8-10-29)15-4-2-3-13(11-15)22(24,25)26/h2-6,11-12H,7-10H2,1H3,(H,27,32). The lowest BCUT2D eigenvalue weighted by molar-refractivity contribution is -0.137. The molecular weight excluding hydrogens is 495 g/mol. The summed E-state index contributed by atoms with van der Waals surface area (Å²) in [5.41, 5.74) is 0.644. The predicted molar refractivity (Wildman–Crippen MR) is 130 cm³/mol. The number of piperazine rings is 1. The SMILES string of the molecule is COC(=O)c1sc2cc(NC(=S)N3CCN(c4cccc(C(F)(F)F)c4)CC3)ccc2c1Cl. The zero-order chi connectivity index (χ0) is 23.8. The minimum atomic E-state index is -4.37.